The van der Waals surface area contributed by atoms with E-state index in [1.807, 2.05) is 0 Å². The number of aromatic nitrogens is 1. The first kappa shape index (κ1) is 30.0. The molecule has 3 atom stereocenters. The normalized spacial score (nSPS) is 13.6. The number of rotatable bonds is 9. The Morgan fingerprint density at radius 2 is 1.67 bits per heavy atom. The van der Waals surface area contributed by atoms with Crippen molar-refractivity contribution in [3.63, 3.8) is 0 Å². The summed E-state index contributed by atoms with van der Waals surface area (Å²) in [5.74, 6) is -8.95. The summed E-state index contributed by atoms with van der Waals surface area (Å²) < 4.78 is 94.2. The van der Waals surface area contributed by atoms with Crippen molar-refractivity contribution in [1.82, 2.24) is 4.98 Å². The van der Waals surface area contributed by atoms with Gasteiger partial charge in [-0.05, 0) is 40.8 Å². The monoisotopic (exact) mass is 567 g/mol. The van der Waals surface area contributed by atoms with Crippen LogP contribution in [0.15, 0.2) is 36.4 Å². The molecule has 206 valence electrons. The summed E-state index contributed by atoms with van der Waals surface area (Å²) in [5.41, 5.74) is -2.75. The SMILES string of the molecule is C#COC(=O)CC(O)C(c1c(-c2ccc(F)cc2)cc(-c2c(F)c(F)cc(F)c2F)nc1C(C)C)[PH](=O)OC. The van der Waals surface area contributed by atoms with Crippen molar-refractivity contribution in [2.45, 2.75) is 37.9 Å². The van der Waals surface area contributed by atoms with Gasteiger partial charge in [0.15, 0.2) is 23.3 Å². The number of esters is 1. The Bertz CT molecular complexity index is 1430. The average Bonchev–Trinajstić information content (AvgIpc) is 2.88. The maximum absolute atomic E-state index is 14.8. The fourth-order valence-electron chi connectivity index (χ4n) is 4.13. The fourth-order valence-corrected chi connectivity index (χ4v) is 5.35. The number of hydrogen-bond donors (Lipinski definition) is 1. The molecular formula is C27H23F5NO5P. The number of carbonyl (C=O) groups is 1. The molecule has 0 saturated heterocycles. The number of aliphatic hydroxyl groups excluding tert-OH is 1. The summed E-state index contributed by atoms with van der Waals surface area (Å²) in [6.45, 7) is 3.23. The molecule has 0 radical (unpaired) electrons. The van der Waals surface area contributed by atoms with Gasteiger partial charge in [-0.1, -0.05) is 32.4 Å². The number of carbonyl (C=O) groups excluding carboxylic acids is 1. The lowest BCUT2D eigenvalue weighted by atomic mass is 9.88. The van der Waals surface area contributed by atoms with Crippen molar-refractivity contribution in [3.8, 4) is 34.9 Å². The Balaban J connectivity index is 2.44. The standard InChI is InChI=1S/C27H23F5NO5P/c1-5-38-21(35)12-20(34)27(39(36)37-4)22-16(14-6-8-15(28)9-7-14)10-19(33-26(22)13(2)3)23-24(31)17(29)11-18(30)25(23)32/h1,6-11,13,20,27,34,39H,12H2,2-4H3. The zero-order valence-corrected chi connectivity index (χ0v) is 21.9. The van der Waals surface area contributed by atoms with Crippen LogP contribution >= 0.6 is 8.03 Å². The Morgan fingerprint density at radius 1 is 1.08 bits per heavy atom. The Kier molecular flexibility index (Phi) is 9.62. The number of pyridine rings is 1. The number of hydrogen-bond acceptors (Lipinski definition) is 6. The molecule has 12 heteroatoms. The maximum Gasteiger partial charge on any atom is 0.322 e. The van der Waals surface area contributed by atoms with E-state index in [9.17, 15) is 36.4 Å². The Labute approximate surface area is 221 Å². The molecule has 0 aliphatic heterocycles. The minimum atomic E-state index is -3.22. The minimum absolute atomic E-state index is 0.0139. The first-order valence-electron chi connectivity index (χ1n) is 11.5. The van der Waals surface area contributed by atoms with Gasteiger partial charge in [0, 0.05) is 18.9 Å². The lowest BCUT2D eigenvalue weighted by Crippen LogP contribution is -2.23. The van der Waals surface area contributed by atoms with Crippen molar-refractivity contribution in [2.24, 2.45) is 0 Å². The van der Waals surface area contributed by atoms with Crippen LogP contribution < -0.4 is 0 Å². The third-order valence-corrected chi connectivity index (χ3v) is 7.44. The van der Waals surface area contributed by atoms with Gasteiger partial charge < -0.3 is 14.4 Å². The molecule has 1 aromatic heterocycles. The van der Waals surface area contributed by atoms with Crippen molar-refractivity contribution >= 4 is 14.0 Å². The van der Waals surface area contributed by atoms with Crippen LogP contribution in [-0.2, 0) is 18.6 Å². The molecule has 6 nitrogen and oxygen atoms in total. The van der Waals surface area contributed by atoms with E-state index in [0.717, 1.165) is 25.3 Å². The van der Waals surface area contributed by atoms with Crippen LogP contribution in [0, 0.1) is 41.6 Å². The quantitative estimate of drug-likeness (QED) is 0.108. The predicted octanol–water partition coefficient (Wildman–Crippen LogP) is 6.28. The van der Waals surface area contributed by atoms with Crippen LogP contribution in [0.1, 0.15) is 43.1 Å². The molecule has 0 fully saturated rings. The number of nitrogens with zero attached hydrogens (tertiary/aromatic N) is 1. The van der Waals surface area contributed by atoms with Gasteiger partial charge in [-0.3, -0.25) is 14.3 Å². The molecule has 39 heavy (non-hydrogen) atoms. The molecule has 0 aliphatic rings. The number of halogens is 5. The third-order valence-electron chi connectivity index (χ3n) is 5.86. The Morgan fingerprint density at radius 3 is 2.18 bits per heavy atom. The molecule has 2 aromatic carbocycles. The maximum atomic E-state index is 14.8. The van der Waals surface area contributed by atoms with Gasteiger partial charge in [-0.25, -0.2) is 22.0 Å². The van der Waals surface area contributed by atoms with Gasteiger partial charge >= 0.3 is 5.97 Å². The van der Waals surface area contributed by atoms with Crippen molar-refractivity contribution in [3.05, 3.63) is 76.7 Å². The van der Waals surface area contributed by atoms with Gasteiger partial charge in [-0.2, -0.15) is 0 Å². The first-order valence-corrected chi connectivity index (χ1v) is 12.9. The van der Waals surface area contributed by atoms with Crippen molar-refractivity contribution in [1.29, 1.82) is 0 Å². The molecule has 1 N–H and O–H groups in total. The fraction of sp³-hybridized carbons (Fsp3) is 0.259. The van der Waals surface area contributed by atoms with E-state index < -0.39 is 78.4 Å². The third kappa shape index (κ3) is 6.36. The van der Waals surface area contributed by atoms with Crippen molar-refractivity contribution < 1.29 is 45.7 Å². The molecule has 1 heterocycles. The largest absolute Gasteiger partial charge is 0.391 e. The highest BCUT2D eigenvalue weighted by Crippen LogP contribution is 2.51. The zero-order valence-electron chi connectivity index (χ0n) is 20.9. The van der Waals surface area contributed by atoms with Gasteiger partial charge in [-0.15, -0.1) is 0 Å². The van der Waals surface area contributed by atoms with Crippen LogP contribution in [0.3, 0.4) is 0 Å². The van der Waals surface area contributed by atoms with Crippen LogP contribution in [-0.4, -0.2) is 29.3 Å². The molecule has 0 bridgehead atoms. The summed E-state index contributed by atoms with van der Waals surface area (Å²) in [4.78, 5) is 16.3. The van der Waals surface area contributed by atoms with Gasteiger partial charge in [0.2, 0.25) is 8.03 Å². The molecule has 3 rings (SSSR count). The number of aliphatic hydroxyl groups is 1. The molecule has 0 spiro atoms. The molecule has 3 aromatic rings. The van der Waals surface area contributed by atoms with Crippen LogP contribution in [0.4, 0.5) is 22.0 Å². The second kappa shape index (κ2) is 12.5. The topological polar surface area (TPSA) is 85.7 Å². The first-order chi connectivity index (χ1) is 18.4. The number of benzene rings is 2. The van der Waals surface area contributed by atoms with Gasteiger partial charge in [0.25, 0.3) is 0 Å². The van der Waals surface area contributed by atoms with Crippen LogP contribution in [0.2, 0.25) is 0 Å². The molecule has 3 unspecified atom stereocenters. The van der Waals surface area contributed by atoms with E-state index in [1.165, 1.54) is 12.1 Å². The van der Waals surface area contributed by atoms with E-state index in [0.29, 0.717) is 0 Å². The van der Waals surface area contributed by atoms with E-state index in [-0.39, 0.29) is 28.5 Å². The molecule has 0 amide bonds. The van der Waals surface area contributed by atoms with E-state index >= 15 is 0 Å². The zero-order chi connectivity index (χ0) is 29.0. The number of ether oxygens (including phenoxy) is 1. The lowest BCUT2D eigenvalue weighted by Gasteiger charge is -2.28. The lowest BCUT2D eigenvalue weighted by molar-refractivity contribution is -0.139. The van der Waals surface area contributed by atoms with Gasteiger partial charge in [0.1, 0.15) is 11.9 Å². The smallest absolute Gasteiger partial charge is 0.322 e. The highest BCUT2D eigenvalue weighted by atomic mass is 31.1. The second-order valence-electron chi connectivity index (χ2n) is 8.72. The van der Waals surface area contributed by atoms with E-state index in [1.54, 1.807) is 20.0 Å². The Hall–Kier alpha value is -3.58. The average molecular weight is 567 g/mol. The summed E-state index contributed by atoms with van der Waals surface area (Å²) in [6.07, 6.45) is 4.21. The summed E-state index contributed by atoms with van der Waals surface area (Å²) in [6, 6.07) is 5.86. The van der Waals surface area contributed by atoms with E-state index in [2.05, 4.69) is 9.72 Å². The highest BCUT2D eigenvalue weighted by Gasteiger charge is 2.36. The molecule has 0 aliphatic carbocycles. The molecular weight excluding hydrogens is 544 g/mol. The second-order valence-corrected chi connectivity index (χ2v) is 10.4. The number of terminal acetylenes is 1. The van der Waals surface area contributed by atoms with Gasteiger partial charge in [0.05, 0.1) is 29.4 Å². The minimum Gasteiger partial charge on any atom is -0.391 e. The van der Waals surface area contributed by atoms with Crippen molar-refractivity contribution in [2.75, 3.05) is 7.11 Å². The molecule has 0 saturated carbocycles. The highest BCUT2D eigenvalue weighted by molar-refractivity contribution is 7.39. The summed E-state index contributed by atoms with van der Waals surface area (Å²) in [5, 5.41) is 11.0. The summed E-state index contributed by atoms with van der Waals surface area (Å²) >= 11 is 0. The van der Waals surface area contributed by atoms with Crippen LogP contribution in [0.5, 0.6) is 0 Å². The van der Waals surface area contributed by atoms with Crippen LogP contribution in [0.25, 0.3) is 22.4 Å². The summed E-state index contributed by atoms with van der Waals surface area (Å²) in [7, 11) is -2.11. The predicted molar refractivity (Wildman–Crippen MR) is 133 cm³/mol. The van der Waals surface area contributed by atoms with E-state index in [4.69, 9.17) is 10.9 Å².